The molecule has 0 aliphatic heterocycles. The molecular weight excluding hydrogens is 679 g/mol. The van der Waals surface area contributed by atoms with Gasteiger partial charge in [0.1, 0.15) is 11.5 Å². The average molecular weight is 725 g/mol. The van der Waals surface area contributed by atoms with Crippen LogP contribution in [0.25, 0.3) is 0 Å². The van der Waals surface area contributed by atoms with Gasteiger partial charge in [0, 0.05) is 10.7 Å². The van der Waals surface area contributed by atoms with E-state index in [9.17, 15) is 4.57 Å². The summed E-state index contributed by atoms with van der Waals surface area (Å²) in [5.41, 5.74) is 1.96. The maximum atomic E-state index is 14.1. The van der Waals surface area contributed by atoms with Crippen LogP contribution in [0.4, 0.5) is 0 Å². The van der Waals surface area contributed by atoms with Gasteiger partial charge in [0.05, 0.1) is 6.61 Å². The summed E-state index contributed by atoms with van der Waals surface area (Å²) in [5, 5.41) is 1.28. The minimum atomic E-state index is -4.15. The minimum absolute atomic E-state index is 0.313. The van der Waals surface area contributed by atoms with Crippen LogP contribution in [0.15, 0.2) is 72.8 Å². The predicted molar refractivity (Wildman–Crippen MR) is 181 cm³/mol. The topological polar surface area (TPSA) is 54.0 Å². The van der Waals surface area contributed by atoms with E-state index in [1.165, 1.54) is 64.2 Å². The summed E-state index contributed by atoms with van der Waals surface area (Å²) in [5.74, 6) is 1.60. The molecule has 3 aromatic carbocycles. The Labute approximate surface area is 269 Å². The number of hydrogen-bond acceptors (Lipinski definition) is 5. The van der Waals surface area contributed by atoms with Crippen LogP contribution in [-0.2, 0) is 15.2 Å². The zero-order valence-corrected chi connectivity index (χ0v) is 28.8. The number of hydrogen-bond donors (Lipinski definition) is 0. The number of benzene rings is 3. The van der Waals surface area contributed by atoms with Crippen LogP contribution in [0.3, 0.4) is 0 Å². The average Bonchev–Trinajstić information content (AvgIpc) is 3.00. The molecule has 3 aromatic rings. The van der Waals surface area contributed by atoms with E-state index in [1.54, 1.807) is 30.3 Å². The first-order valence-corrected chi connectivity index (χ1v) is 19.0. The van der Waals surface area contributed by atoms with Gasteiger partial charge in [-0.1, -0.05) is 146 Å². The number of halogens is 2. The van der Waals surface area contributed by atoms with Gasteiger partial charge in [0.2, 0.25) is 0 Å². The fourth-order valence-electron chi connectivity index (χ4n) is 4.58. The van der Waals surface area contributed by atoms with Gasteiger partial charge in [0.25, 0.3) is 0 Å². The molecule has 0 heterocycles. The smallest absolute Gasteiger partial charge is 0.490 e. The molecule has 0 radical (unpaired) electrons. The Morgan fingerprint density at radius 2 is 1.05 bits per heavy atom. The van der Waals surface area contributed by atoms with E-state index in [-0.39, 0.29) is 0 Å². The second kappa shape index (κ2) is 20.1. The normalized spacial score (nSPS) is 11.3. The van der Waals surface area contributed by atoms with E-state index in [1.807, 2.05) is 42.5 Å². The maximum Gasteiger partial charge on any atom is 0.647 e. The predicted octanol–water partition coefficient (Wildman–Crippen LogP) is 12.2. The van der Waals surface area contributed by atoms with Gasteiger partial charge in [-0.25, -0.2) is 0 Å². The molecular formula is C34H45Br2O5P. The fourth-order valence-corrected chi connectivity index (χ4v) is 6.52. The van der Waals surface area contributed by atoms with E-state index in [0.717, 1.165) is 24.0 Å². The summed E-state index contributed by atoms with van der Waals surface area (Å²) in [6.07, 6.45) is 15.4. The van der Waals surface area contributed by atoms with Gasteiger partial charge >= 0.3 is 7.82 Å². The van der Waals surface area contributed by atoms with Crippen LogP contribution in [0, 0.1) is 0 Å². The first-order valence-electron chi connectivity index (χ1n) is 15.3. The van der Waals surface area contributed by atoms with Gasteiger partial charge in [0.15, 0.2) is 11.5 Å². The molecule has 0 aliphatic rings. The van der Waals surface area contributed by atoms with Crippen molar-refractivity contribution in [2.45, 2.75) is 94.6 Å². The molecule has 42 heavy (non-hydrogen) atoms. The van der Waals surface area contributed by atoms with E-state index < -0.39 is 7.82 Å². The minimum Gasteiger partial charge on any atom is -0.490 e. The number of alkyl halides is 2. The number of ether oxygens (including phenoxy) is 1. The van der Waals surface area contributed by atoms with E-state index >= 15 is 0 Å². The first-order chi connectivity index (χ1) is 20.5. The summed E-state index contributed by atoms with van der Waals surface area (Å²) >= 11 is 6.92. The third-order valence-electron chi connectivity index (χ3n) is 6.85. The maximum absolute atomic E-state index is 14.1. The molecule has 0 aromatic heterocycles. The van der Waals surface area contributed by atoms with Gasteiger partial charge in [-0.05, 0) is 53.9 Å². The molecule has 0 N–H and O–H groups in total. The Morgan fingerprint density at radius 3 is 1.55 bits per heavy atom. The lowest BCUT2D eigenvalue weighted by Gasteiger charge is -2.21. The van der Waals surface area contributed by atoms with Crippen molar-refractivity contribution in [3.8, 4) is 23.0 Å². The molecule has 0 saturated heterocycles. The van der Waals surface area contributed by atoms with Crippen molar-refractivity contribution in [1.29, 1.82) is 0 Å². The zero-order valence-electron chi connectivity index (χ0n) is 24.8. The van der Waals surface area contributed by atoms with E-state index in [4.69, 9.17) is 18.3 Å². The van der Waals surface area contributed by atoms with Crippen LogP contribution in [0.2, 0.25) is 0 Å². The molecule has 0 bridgehead atoms. The summed E-state index contributed by atoms with van der Waals surface area (Å²) < 4.78 is 38.1. The molecule has 0 fully saturated rings. The third kappa shape index (κ3) is 13.1. The highest BCUT2D eigenvalue weighted by atomic mass is 79.9. The standard InChI is InChI=1S/C34H45Br2O5P/c1-2-3-4-5-6-7-8-9-10-11-12-15-24-38-33-22-13-14-23-34(33)41-42(37,39-31-20-16-18-29(25-31)27-35)40-32-21-17-19-30(26-32)28-36/h13-14,16-23,25-26H,2-12,15,24,27-28H2,1H3. The molecule has 0 amide bonds. The van der Waals surface area contributed by atoms with Crippen molar-refractivity contribution < 1.29 is 22.9 Å². The first kappa shape index (κ1) is 34.5. The summed E-state index contributed by atoms with van der Waals surface area (Å²) in [6.45, 7) is 2.82. The molecule has 0 atom stereocenters. The molecule has 8 heteroatoms. The number of para-hydroxylation sites is 2. The monoisotopic (exact) mass is 722 g/mol. The number of phosphoric acid groups is 1. The third-order valence-corrected chi connectivity index (χ3v) is 9.44. The SMILES string of the molecule is CCCCCCCCCCCCCCOc1ccccc1OP(=O)(Oc1cccc(CBr)c1)Oc1cccc(CBr)c1. The Morgan fingerprint density at radius 1 is 0.571 bits per heavy atom. The van der Waals surface area contributed by atoms with Crippen molar-refractivity contribution in [3.05, 3.63) is 83.9 Å². The lowest BCUT2D eigenvalue weighted by molar-refractivity contribution is 0.272. The summed E-state index contributed by atoms with van der Waals surface area (Å²) in [7, 11) is -4.15. The van der Waals surface area contributed by atoms with Gasteiger partial charge in [-0.3, -0.25) is 0 Å². The molecule has 5 nitrogen and oxygen atoms in total. The Kier molecular flexibility index (Phi) is 16.5. The lowest BCUT2D eigenvalue weighted by atomic mass is 10.1. The van der Waals surface area contributed by atoms with Crippen LogP contribution in [0.1, 0.15) is 95.1 Å². The molecule has 0 aliphatic carbocycles. The second-order valence-electron chi connectivity index (χ2n) is 10.5. The number of rotatable bonds is 22. The fraction of sp³-hybridized carbons (Fsp3) is 0.471. The van der Waals surface area contributed by atoms with Crippen LogP contribution in [-0.4, -0.2) is 6.61 Å². The highest BCUT2D eigenvalue weighted by Crippen LogP contribution is 2.51. The van der Waals surface area contributed by atoms with Crippen molar-refractivity contribution in [2.24, 2.45) is 0 Å². The Hall–Kier alpha value is -1.95. The van der Waals surface area contributed by atoms with Gasteiger partial charge in [-0.15, -0.1) is 0 Å². The van der Waals surface area contributed by atoms with Crippen LogP contribution in [0.5, 0.6) is 23.0 Å². The molecule has 3 rings (SSSR count). The number of unbranched alkanes of at least 4 members (excludes halogenated alkanes) is 11. The Bertz CT molecular complexity index is 1170. The van der Waals surface area contributed by atoms with Gasteiger partial charge in [-0.2, -0.15) is 4.57 Å². The van der Waals surface area contributed by atoms with Crippen LogP contribution >= 0.6 is 39.7 Å². The van der Waals surface area contributed by atoms with Crippen molar-refractivity contribution in [2.75, 3.05) is 6.61 Å². The quantitative estimate of drug-likeness (QED) is 0.0587. The molecule has 0 saturated carbocycles. The largest absolute Gasteiger partial charge is 0.647 e. The van der Waals surface area contributed by atoms with E-state index in [2.05, 4.69) is 38.8 Å². The molecule has 0 spiro atoms. The molecule has 0 unspecified atom stereocenters. The lowest BCUT2D eigenvalue weighted by Crippen LogP contribution is -2.09. The highest BCUT2D eigenvalue weighted by molar-refractivity contribution is 9.08. The zero-order chi connectivity index (χ0) is 29.9. The highest BCUT2D eigenvalue weighted by Gasteiger charge is 2.34. The van der Waals surface area contributed by atoms with Crippen molar-refractivity contribution in [1.82, 2.24) is 0 Å². The second-order valence-corrected chi connectivity index (χ2v) is 13.0. The number of phosphoric ester groups is 1. The summed E-state index contributed by atoms with van der Waals surface area (Å²) in [6, 6.07) is 21.9. The molecule has 230 valence electrons. The summed E-state index contributed by atoms with van der Waals surface area (Å²) in [4.78, 5) is 0. The van der Waals surface area contributed by atoms with Crippen molar-refractivity contribution in [3.63, 3.8) is 0 Å². The van der Waals surface area contributed by atoms with Crippen molar-refractivity contribution >= 4 is 39.7 Å². The Balaban J connectivity index is 1.55. The van der Waals surface area contributed by atoms with Crippen LogP contribution < -0.4 is 18.3 Å². The van der Waals surface area contributed by atoms with Gasteiger partial charge < -0.3 is 18.3 Å². The van der Waals surface area contributed by atoms with E-state index in [0.29, 0.717) is 40.3 Å².